The molecule has 0 saturated carbocycles. The van der Waals surface area contributed by atoms with Crippen molar-refractivity contribution in [2.45, 2.75) is 18.7 Å². The van der Waals surface area contributed by atoms with E-state index in [9.17, 15) is 4.57 Å². The Balaban J connectivity index is 1.87. The van der Waals surface area contributed by atoms with Crippen molar-refractivity contribution in [2.75, 3.05) is 0 Å². The normalized spacial score (nSPS) is 13.5. The Hall–Kier alpha value is -3.00. The van der Waals surface area contributed by atoms with Crippen LogP contribution in [-0.2, 0) is 4.57 Å². The van der Waals surface area contributed by atoms with Gasteiger partial charge in [0.15, 0.2) is 7.14 Å². The van der Waals surface area contributed by atoms with Gasteiger partial charge in [-0.1, -0.05) is 97.1 Å². The highest BCUT2D eigenvalue weighted by Gasteiger charge is 2.39. The predicted octanol–water partition coefficient (Wildman–Crippen LogP) is 5.45. The number of nitrogens with zero attached hydrogens (tertiary/aromatic N) is 1. The van der Waals surface area contributed by atoms with Gasteiger partial charge >= 0.3 is 0 Å². The van der Waals surface area contributed by atoms with Crippen molar-refractivity contribution in [1.29, 1.82) is 0 Å². The van der Waals surface area contributed by atoms with Crippen molar-refractivity contribution < 1.29 is 4.57 Å². The topological polar surface area (TPSA) is 42.0 Å². The molecule has 4 heteroatoms. The molecule has 0 unspecified atom stereocenters. The molecule has 0 bridgehead atoms. The molecule has 0 aliphatic rings. The summed E-state index contributed by atoms with van der Waals surface area (Å²) < 4.78 is 15.0. The molecule has 3 nitrogen and oxygen atoms in total. The second-order valence-corrected chi connectivity index (χ2v) is 10.2. The Kier molecular flexibility index (Phi) is 6.23. The minimum absolute atomic E-state index is 0.000967. The molecule has 0 saturated heterocycles. The van der Waals surface area contributed by atoms with E-state index in [2.05, 4.69) is 29.4 Å². The molecule has 0 aliphatic carbocycles. The monoisotopic (exact) mass is 412 g/mol. The fraction of sp³-hybridized carbons (Fsp3) is 0.115. The third kappa shape index (κ3) is 4.14. The van der Waals surface area contributed by atoms with Gasteiger partial charge in [0.1, 0.15) is 5.78 Å². The first-order valence-electron chi connectivity index (χ1n) is 10.1. The quantitative estimate of drug-likeness (QED) is 0.411. The lowest BCUT2D eigenvalue weighted by atomic mass is 10.1. The van der Waals surface area contributed by atoms with Gasteiger partial charge in [-0.25, -0.2) is 0 Å². The molecule has 0 aliphatic heterocycles. The molecule has 1 aromatic heterocycles. The van der Waals surface area contributed by atoms with Gasteiger partial charge in [0.2, 0.25) is 0 Å². The van der Waals surface area contributed by atoms with Crippen LogP contribution in [0.2, 0.25) is 0 Å². The first-order chi connectivity index (χ1) is 14.7. The lowest BCUT2D eigenvalue weighted by Crippen LogP contribution is -2.32. The van der Waals surface area contributed by atoms with E-state index in [-0.39, 0.29) is 6.04 Å². The summed E-state index contributed by atoms with van der Waals surface area (Å²) in [6, 6.07) is 35.5. The van der Waals surface area contributed by atoms with Crippen LogP contribution in [0.25, 0.3) is 0 Å². The maximum atomic E-state index is 15.0. The first kappa shape index (κ1) is 20.3. The number of rotatable bonds is 7. The molecule has 0 fully saturated rings. The van der Waals surface area contributed by atoms with Crippen LogP contribution >= 0.6 is 7.14 Å². The van der Waals surface area contributed by atoms with Crippen molar-refractivity contribution in [3.05, 3.63) is 127 Å². The van der Waals surface area contributed by atoms with Gasteiger partial charge in [-0.15, -0.1) is 0 Å². The third-order valence-electron chi connectivity index (χ3n) is 5.32. The standard InChI is InChI=1S/C26H25N2OP/c1-21(22-13-5-2-6-14-22)28-26(25-19-11-12-20-27-25)30(29,23-15-7-3-8-16-23)24-17-9-4-10-18-24/h2-21,26,28H,1H3/t21-,26-/m0/s1. The zero-order valence-corrected chi connectivity index (χ0v) is 17.8. The van der Waals surface area contributed by atoms with Crippen molar-refractivity contribution in [1.82, 2.24) is 10.3 Å². The summed E-state index contributed by atoms with van der Waals surface area (Å²) in [5, 5.41) is 5.30. The fourth-order valence-electron chi connectivity index (χ4n) is 3.74. The molecule has 0 amide bonds. The Morgan fingerprint density at radius 2 is 1.20 bits per heavy atom. The summed E-state index contributed by atoms with van der Waals surface area (Å²) in [6.45, 7) is 2.10. The van der Waals surface area contributed by atoms with Gasteiger partial charge in [-0.05, 0) is 24.6 Å². The molecule has 4 aromatic rings. The number of aromatic nitrogens is 1. The third-order valence-corrected chi connectivity index (χ3v) is 8.59. The maximum absolute atomic E-state index is 15.0. The first-order valence-corrected chi connectivity index (χ1v) is 11.9. The van der Waals surface area contributed by atoms with Crippen LogP contribution < -0.4 is 15.9 Å². The molecule has 0 spiro atoms. The minimum atomic E-state index is -3.10. The van der Waals surface area contributed by atoms with E-state index in [1.807, 2.05) is 97.1 Å². The molecule has 1 N–H and O–H groups in total. The Bertz CT molecular complexity index is 1060. The Morgan fingerprint density at radius 3 is 1.70 bits per heavy atom. The van der Waals surface area contributed by atoms with E-state index in [1.165, 1.54) is 0 Å². The van der Waals surface area contributed by atoms with Crippen molar-refractivity contribution in [2.24, 2.45) is 0 Å². The number of pyridine rings is 1. The number of hydrogen-bond acceptors (Lipinski definition) is 3. The van der Waals surface area contributed by atoms with Crippen molar-refractivity contribution in [3.63, 3.8) is 0 Å². The fourth-order valence-corrected chi connectivity index (χ4v) is 6.82. The van der Waals surface area contributed by atoms with E-state index in [0.717, 1.165) is 21.9 Å². The average molecular weight is 412 g/mol. The van der Waals surface area contributed by atoms with Gasteiger partial charge in [0.05, 0.1) is 5.69 Å². The van der Waals surface area contributed by atoms with E-state index in [1.54, 1.807) is 6.20 Å². The summed E-state index contributed by atoms with van der Waals surface area (Å²) in [4.78, 5) is 4.61. The second-order valence-electron chi connectivity index (χ2n) is 7.29. The van der Waals surface area contributed by atoms with Crippen LogP contribution in [-0.4, -0.2) is 4.98 Å². The SMILES string of the molecule is C[C@H](N[C@H](c1ccccn1)P(=O)(c1ccccc1)c1ccccc1)c1ccccc1. The maximum Gasteiger partial charge on any atom is 0.165 e. The predicted molar refractivity (Wildman–Crippen MR) is 125 cm³/mol. The second kappa shape index (κ2) is 9.21. The van der Waals surface area contributed by atoms with Crippen molar-refractivity contribution in [3.8, 4) is 0 Å². The number of hydrogen-bond donors (Lipinski definition) is 1. The highest BCUT2D eigenvalue weighted by Crippen LogP contribution is 2.55. The van der Waals surface area contributed by atoms with E-state index in [4.69, 9.17) is 0 Å². The van der Waals surface area contributed by atoms with Gasteiger partial charge in [-0.2, -0.15) is 0 Å². The largest absolute Gasteiger partial charge is 0.312 e. The van der Waals surface area contributed by atoms with E-state index >= 15 is 0 Å². The molecule has 3 aromatic carbocycles. The average Bonchev–Trinajstić information content (AvgIpc) is 2.84. The van der Waals surface area contributed by atoms with Crippen LogP contribution in [0.3, 0.4) is 0 Å². The molecular formula is C26H25N2OP. The van der Waals surface area contributed by atoms with Gasteiger partial charge in [0.25, 0.3) is 0 Å². The lowest BCUT2D eigenvalue weighted by molar-refractivity contribution is 0.518. The van der Waals surface area contributed by atoms with E-state index < -0.39 is 12.9 Å². The number of benzene rings is 3. The van der Waals surface area contributed by atoms with Crippen molar-refractivity contribution >= 4 is 17.8 Å². The van der Waals surface area contributed by atoms with Gasteiger partial charge < -0.3 is 4.57 Å². The summed E-state index contributed by atoms with van der Waals surface area (Å²) in [5.74, 6) is -0.460. The summed E-state index contributed by atoms with van der Waals surface area (Å²) >= 11 is 0. The molecule has 1 heterocycles. The molecule has 0 radical (unpaired) electrons. The summed E-state index contributed by atoms with van der Waals surface area (Å²) in [5.41, 5.74) is 1.92. The van der Waals surface area contributed by atoms with Crippen LogP contribution in [0.1, 0.15) is 30.0 Å². The molecular weight excluding hydrogens is 387 g/mol. The zero-order chi connectivity index (χ0) is 20.8. The Morgan fingerprint density at radius 1 is 0.700 bits per heavy atom. The van der Waals surface area contributed by atoms with Crippen LogP contribution in [0.4, 0.5) is 0 Å². The van der Waals surface area contributed by atoms with E-state index in [0.29, 0.717) is 0 Å². The van der Waals surface area contributed by atoms with Crippen LogP contribution in [0, 0.1) is 0 Å². The Labute approximate surface area is 178 Å². The minimum Gasteiger partial charge on any atom is -0.312 e. The summed E-state index contributed by atoms with van der Waals surface area (Å²) in [7, 11) is -3.10. The highest BCUT2D eigenvalue weighted by molar-refractivity contribution is 7.79. The molecule has 4 rings (SSSR count). The molecule has 2 atom stereocenters. The van der Waals surface area contributed by atoms with Gasteiger partial charge in [0, 0.05) is 22.8 Å². The number of nitrogens with one attached hydrogen (secondary N) is 1. The van der Waals surface area contributed by atoms with Crippen LogP contribution in [0.15, 0.2) is 115 Å². The van der Waals surface area contributed by atoms with Gasteiger partial charge in [-0.3, -0.25) is 10.3 Å². The summed E-state index contributed by atoms with van der Waals surface area (Å²) in [6.07, 6.45) is 1.76. The highest BCUT2D eigenvalue weighted by atomic mass is 31.2. The smallest absolute Gasteiger partial charge is 0.165 e. The lowest BCUT2D eigenvalue weighted by Gasteiger charge is -2.31. The van der Waals surface area contributed by atoms with Crippen LogP contribution in [0.5, 0.6) is 0 Å². The molecule has 30 heavy (non-hydrogen) atoms. The zero-order valence-electron chi connectivity index (χ0n) is 16.9. The molecule has 150 valence electrons.